The molecule has 2 heterocycles. The van der Waals surface area contributed by atoms with E-state index in [0.29, 0.717) is 13.0 Å². The van der Waals surface area contributed by atoms with Gasteiger partial charge in [0, 0.05) is 38.3 Å². The molecule has 5 heteroatoms. The highest BCUT2D eigenvalue weighted by molar-refractivity contribution is 5.87. The molecular weight excluding hydrogens is 242 g/mol. The molecule has 0 spiro atoms. The van der Waals surface area contributed by atoms with Gasteiger partial charge in [0.05, 0.1) is 6.04 Å². The first kappa shape index (κ1) is 13.5. The third-order valence-electron chi connectivity index (χ3n) is 3.57. The summed E-state index contributed by atoms with van der Waals surface area (Å²) < 4.78 is 0. The molecule has 0 unspecified atom stereocenters. The number of aromatic nitrogens is 1. The Kier molecular flexibility index (Phi) is 4.14. The van der Waals surface area contributed by atoms with E-state index < -0.39 is 0 Å². The molecule has 1 N–H and O–H groups in total. The second-order valence-corrected chi connectivity index (χ2v) is 5.02. The third-order valence-corrected chi connectivity index (χ3v) is 3.57. The molecule has 0 radical (unpaired) electrons. The highest BCUT2D eigenvalue weighted by Crippen LogP contribution is 2.19. The Bertz CT molecular complexity index is 461. The Morgan fingerprint density at radius 1 is 1.58 bits per heavy atom. The van der Waals surface area contributed by atoms with Gasteiger partial charge in [0.2, 0.25) is 11.8 Å². The highest BCUT2D eigenvalue weighted by Gasteiger charge is 2.29. The minimum Gasteiger partial charge on any atom is -0.349 e. The van der Waals surface area contributed by atoms with Crippen LogP contribution in [-0.2, 0) is 9.59 Å². The first-order valence-corrected chi connectivity index (χ1v) is 6.52. The van der Waals surface area contributed by atoms with Gasteiger partial charge in [-0.3, -0.25) is 14.6 Å². The van der Waals surface area contributed by atoms with Crippen LogP contribution in [0.25, 0.3) is 0 Å². The minimum absolute atomic E-state index is 0.0421. The van der Waals surface area contributed by atoms with Crippen molar-refractivity contribution in [1.82, 2.24) is 15.2 Å². The maximum atomic E-state index is 12.1. The highest BCUT2D eigenvalue weighted by atomic mass is 16.2. The van der Waals surface area contributed by atoms with Crippen LogP contribution in [0.1, 0.15) is 31.4 Å². The number of carbonyl (C=O) groups is 2. The lowest BCUT2D eigenvalue weighted by atomic mass is 9.95. The standard InChI is InChI=1S/C14H19N3O2/c1-10(12-4-3-6-15-9-12)16-14(19)11-5-7-17(2)13(18)8-11/h3-4,6,9-11H,5,7-8H2,1-2H3,(H,16,19)/t10-,11+/m0/s1. The normalized spacial score (nSPS) is 21.1. The Morgan fingerprint density at radius 2 is 2.37 bits per heavy atom. The van der Waals surface area contributed by atoms with Gasteiger partial charge in [0.15, 0.2) is 0 Å². The molecule has 2 atom stereocenters. The lowest BCUT2D eigenvalue weighted by Gasteiger charge is -2.28. The van der Waals surface area contributed by atoms with Crippen molar-refractivity contribution in [1.29, 1.82) is 0 Å². The van der Waals surface area contributed by atoms with Gasteiger partial charge >= 0.3 is 0 Å². The van der Waals surface area contributed by atoms with Crippen LogP contribution < -0.4 is 5.32 Å². The first-order valence-electron chi connectivity index (χ1n) is 6.52. The number of nitrogens with zero attached hydrogens (tertiary/aromatic N) is 2. The number of piperidine rings is 1. The summed E-state index contributed by atoms with van der Waals surface area (Å²) in [6.45, 7) is 2.57. The van der Waals surface area contributed by atoms with Crippen molar-refractivity contribution in [2.24, 2.45) is 5.92 Å². The van der Waals surface area contributed by atoms with Crippen molar-refractivity contribution in [3.8, 4) is 0 Å². The third kappa shape index (κ3) is 3.30. The summed E-state index contributed by atoms with van der Waals surface area (Å²) in [4.78, 5) is 29.4. The summed E-state index contributed by atoms with van der Waals surface area (Å²) in [5.74, 6) is -0.207. The zero-order valence-electron chi connectivity index (χ0n) is 11.3. The van der Waals surface area contributed by atoms with Crippen molar-refractivity contribution in [2.45, 2.75) is 25.8 Å². The van der Waals surface area contributed by atoms with Gasteiger partial charge in [-0.05, 0) is 25.0 Å². The van der Waals surface area contributed by atoms with Gasteiger partial charge in [-0.25, -0.2) is 0 Å². The van der Waals surface area contributed by atoms with E-state index in [9.17, 15) is 9.59 Å². The van der Waals surface area contributed by atoms with Crippen LogP contribution in [0.15, 0.2) is 24.5 Å². The quantitative estimate of drug-likeness (QED) is 0.887. The molecule has 1 fully saturated rings. The molecule has 1 aromatic rings. The van der Waals surface area contributed by atoms with Crippen molar-refractivity contribution < 1.29 is 9.59 Å². The Labute approximate surface area is 113 Å². The number of rotatable bonds is 3. The second-order valence-electron chi connectivity index (χ2n) is 5.02. The molecule has 0 bridgehead atoms. The summed E-state index contributed by atoms with van der Waals surface area (Å²) in [5, 5.41) is 2.95. The second kappa shape index (κ2) is 5.82. The molecule has 5 nitrogen and oxygen atoms in total. The lowest BCUT2D eigenvalue weighted by molar-refractivity contribution is -0.139. The van der Waals surface area contributed by atoms with Gasteiger partial charge < -0.3 is 10.2 Å². The molecular formula is C14H19N3O2. The van der Waals surface area contributed by atoms with Crippen LogP contribution >= 0.6 is 0 Å². The van der Waals surface area contributed by atoms with Gasteiger partial charge in [-0.1, -0.05) is 6.07 Å². The van der Waals surface area contributed by atoms with E-state index in [1.54, 1.807) is 24.3 Å². The molecule has 19 heavy (non-hydrogen) atoms. The summed E-state index contributed by atoms with van der Waals surface area (Å²) in [6, 6.07) is 3.69. The fourth-order valence-corrected chi connectivity index (χ4v) is 2.21. The topological polar surface area (TPSA) is 62.3 Å². The van der Waals surface area contributed by atoms with E-state index >= 15 is 0 Å². The van der Waals surface area contributed by atoms with Gasteiger partial charge in [-0.15, -0.1) is 0 Å². The number of amides is 2. The molecule has 2 rings (SSSR count). The lowest BCUT2D eigenvalue weighted by Crippen LogP contribution is -2.42. The SMILES string of the molecule is C[C@H](NC(=O)[C@@H]1CCN(C)C(=O)C1)c1cccnc1. The number of likely N-dealkylation sites (tertiary alicyclic amines) is 1. The molecule has 1 saturated heterocycles. The van der Waals surface area contributed by atoms with Crippen molar-refractivity contribution in [3.05, 3.63) is 30.1 Å². The van der Waals surface area contributed by atoms with Crippen LogP contribution in [0.5, 0.6) is 0 Å². The number of hydrogen-bond donors (Lipinski definition) is 1. The summed E-state index contributed by atoms with van der Waals surface area (Å²) in [6.07, 6.45) is 4.48. The van der Waals surface area contributed by atoms with Gasteiger partial charge in [-0.2, -0.15) is 0 Å². The van der Waals surface area contributed by atoms with Crippen LogP contribution in [-0.4, -0.2) is 35.3 Å². The van der Waals surface area contributed by atoms with Crippen molar-refractivity contribution >= 4 is 11.8 Å². The van der Waals surface area contributed by atoms with E-state index in [-0.39, 0.29) is 23.8 Å². The van der Waals surface area contributed by atoms with Crippen molar-refractivity contribution in [2.75, 3.05) is 13.6 Å². The fraction of sp³-hybridized carbons (Fsp3) is 0.500. The average molecular weight is 261 g/mol. The number of hydrogen-bond acceptors (Lipinski definition) is 3. The van der Waals surface area contributed by atoms with E-state index in [4.69, 9.17) is 0 Å². The molecule has 2 amide bonds. The monoisotopic (exact) mass is 261 g/mol. The molecule has 0 saturated carbocycles. The zero-order chi connectivity index (χ0) is 13.8. The molecule has 0 aliphatic carbocycles. The number of carbonyl (C=O) groups excluding carboxylic acids is 2. The number of nitrogens with one attached hydrogen (secondary N) is 1. The predicted molar refractivity (Wildman–Crippen MR) is 71.2 cm³/mol. The maximum Gasteiger partial charge on any atom is 0.224 e. The largest absolute Gasteiger partial charge is 0.349 e. The van der Waals surface area contributed by atoms with E-state index in [0.717, 1.165) is 12.0 Å². The number of pyridine rings is 1. The summed E-state index contributed by atoms with van der Waals surface area (Å²) >= 11 is 0. The van der Waals surface area contributed by atoms with Gasteiger partial charge in [0.1, 0.15) is 0 Å². The Morgan fingerprint density at radius 3 is 3.00 bits per heavy atom. The predicted octanol–water partition coefficient (Wildman–Crippen LogP) is 1.13. The van der Waals surface area contributed by atoms with Crippen LogP contribution in [0.2, 0.25) is 0 Å². The fourth-order valence-electron chi connectivity index (χ4n) is 2.21. The van der Waals surface area contributed by atoms with E-state index in [1.807, 2.05) is 19.1 Å². The van der Waals surface area contributed by atoms with Crippen LogP contribution in [0, 0.1) is 5.92 Å². The summed E-state index contributed by atoms with van der Waals surface area (Å²) in [7, 11) is 1.77. The molecule has 1 aromatic heterocycles. The Hall–Kier alpha value is -1.91. The van der Waals surface area contributed by atoms with Crippen LogP contribution in [0.4, 0.5) is 0 Å². The van der Waals surface area contributed by atoms with Gasteiger partial charge in [0.25, 0.3) is 0 Å². The maximum absolute atomic E-state index is 12.1. The summed E-state index contributed by atoms with van der Waals surface area (Å²) in [5.41, 5.74) is 0.968. The minimum atomic E-state index is -0.206. The molecule has 1 aliphatic rings. The molecule has 102 valence electrons. The van der Waals surface area contributed by atoms with Crippen molar-refractivity contribution in [3.63, 3.8) is 0 Å². The molecule has 0 aromatic carbocycles. The smallest absolute Gasteiger partial charge is 0.224 e. The first-order chi connectivity index (χ1) is 9.08. The van der Waals surface area contributed by atoms with Crippen LogP contribution in [0.3, 0.4) is 0 Å². The van der Waals surface area contributed by atoms with E-state index in [1.165, 1.54) is 0 Å². The average Bonchev–Trinajstić information content (AvgIpc) is 2.42. The van der Waals surface area contributed by atoms with E-state index in [2.05, 4.69) is 10.3 Å². The molecule has 1 aliphatic heterocycles. The zero-order valence-corrected chi connectivity index (χ0v) is 11.3. The Balaban J connectivity index is 1.93.